The van der Waals surface area contributed by atoms with Crippen molar-refractivity contribution in [2.45, 2.75) is 0 Å². The summed E-state index contributed by atoms with van der Waals surface area (Å²) in [6.45, 7) is 8.08. The van der Waals surface area contributed by atoms with Gasteiger partial charge in [0, 0.05) is 22.3 Å². The first-order chi connectivity index (χ1) is 22.4. The molecule has 0 aliphatic carbocycles. The Hall–Kier alpha value is -6.26. The number of hydrogen-bond donors (Lipinski definition) is 2. The molecule has 0 atom stereocenters. The van der Waals surface area contributed by atoms with Gasteiger partial charge in [0.05, 0.1) is 0 Å². The third-order valence-corrected chi connectivity index (χ3v) is 7.71. The van der Waals surface area contributed by atoms with E-state index in [1.165, 1.54) is 0 Å². The van der Waals surface area contributed by atoms with Crippen molar-refractivity contribution in [3.8, 4) is 33.4 Å². The van der Waals surface area contributed by atoms with Crippen molar-refractivity contribution >= 4 is 23.3 Å². The summed E-state index contributed by atoms with van der Waals surface area (Å²) in [5.74, 6) is 0.897. The molecular weight excluding hydrogens is 564 g/mol. The summed E-state index contributed by atoms with van der Waals surface area (Å²) < 4.78 is 11.6. The molecule has 6 rings (SSSR count). The van der Waals surface area contributed by atoms with E-state index in [2.05, 4.69) is 37.4 Å². The molecule has 0 bridgehead atoms. The molecule has 0 heterocycles. The van der Waals surface area contributed by atoms with Crippen LogP contribution in [-0.2, 0) is 9.47 Å². The van der Waals surface area contributed by atoms with Crippen LogP contribution in [0.1, 0.15) is 22.3 Å². The number of nitrogens with one attached hydrogen (secondary N) is 2. The molecule has 0 spiro atoms. The predicted molar refractivity (Wildman–Crippen MR) is 190 cm³/mol. The van der Waals surface area contributed by atoms with E-state index in [1.807, 2.05) is 133 Å². The highest BCUT2D eigenvalue weighted by Crippen LogP contribution is 2.26. The monoisotopic (exact) mass is 596 g/mol. The molecule has 0 aromatic heterocycles. The summed E-state index contributed by atoms with van der Waals surface area (Å²) in [4.78, 5) is 0. The van der Waals surface area contributed by atoms with Gasteiger partial charge in [0.25, 0.3) is 0 Å². The second-order valence-electron chi connectivity index (χ2n) is 10.8. The highest BCUT2D eigenvalue weighted by Gasteiger charge is 2.11. The zero-order valence-corrected chi connectivity index (χ0v) is 25.2. The Morgan fingerprint density at radius 1 is 0.326 bits per heavy atom. The van der Waals surface area contributed by atoms with E-state index in [1.54, 1.807) is 0 Å². The minimum absolute atomic E-state index is 0.0321. The summed E-state index contributed by atoms with van der Waals surface area (Å²) in [6.07, 6.45) is 0. The Morgan fingerprint density at radius 2 is 0.565 bits per heavy atom. The van der Waals surface area contributed by atoms with Gasteiger partial charge in [0.1, 0.15) is 11.5 Å². The molecule has 6 aromatic rings. The van der Waals surface area contributed by atoms with E-state index < -0.39 is 0 Å². The van der Waals surface area contributed by atoms with Gasteiger partial charge < -0.3 is 9.47 Å². The lowest BCUT2D eigenvalue weighted by Crippen LogP contribution is -2.04. The van der Waals surface area contributed by atoms with Crippen molar-refractivity contribution < 1.29 is 9.47 Å². The largest absolute Gasteiger partial charge is 0.439 e. The van der Waals surface area contributed by atoms with Crippen LogP contribution in [0.4, 0.5) is 0 Å². The predicted octanol–water partition coefficient (Wildman–Crippen LogP) is 10.7. The third kappa shape index (κ3) is 6.93. The average Bonchev–Trinajstić information content (AvgIpc) is 3.12. The summed E-state index contributed by atoms with van der Waals surface area (Å²) in [6, 6.07) is 51.5. The molecule has 46 heavy (non-hydrogen) atoms. The molecule has 0 amide bonds. The fourth-order valence-electron chi connectivity index (χ4n) is 5.07. The fraction of sp³-hybridized carbons (Fsp3) is 0. The molecule has 0 saturated carbocycles. The number of hydrogen-bond acceptors (Lipinski definition) is 4. The Morgan fingerprint density at radius 3 is 0.848 bits per heavy atom. The Kier molecular flexibility index (Phi) is 8.80. The molecule has 2 N–H and O–H groups in total. The average molecular weight is 597 g/mol. The summed E-state index contributed by atoms with van der Waals surface area (Å²) in [5.41, 5.74) is 9.40. The quantitative estimate of drug-likeness (QED) is 0.0990. The second kappa shape index (κ2) is 13.6. The Balaban J connectivity index is 1.04. The minimum atomic E-state index is 0.0321. The summed E-state index contributed by atoms with van der Waals surface area (Å²) >= 11 is 0. The van der Waals surface area contributed by atoms with Crippen LogP contribution >= 0.6 is 0 Å². The molecule has 0 fully saturated rings. The maximum Gasteiger partial charge on any atom is 0.219 e. The SMILES string of the molecule is C=C(OC(=N)c1ccc(-c2ccccc2)cc1)c1ccc(-c2ccc(C(=N)OC(=C)c3ccc(-c4ccccc4)cc3)cc2)cc1. The van der Waals surface area contributed by atoms with E-state index >= 15 is 0 Å². The zero-order valence-electron chi connectivity index (χ0n) is 25.2. The first-order valence-electron chi connectivity index (χ1n) is 14.9. The molecule has 0 unspecified atom stereocenters. The van der Waals surface area contributed by atoms with Gasteiger partial charge in [-0.25, -0.2) is 0 Å². The van der Waals surface area contributed by atoms with Crippen molar-refractivity contribution in [3.05, 3.63) is 193 Å². The van der Waals surface area contributed by atoms with Crippen LogP contribution in [0.2, 0.25) is 0 Å². The van der Waals surface area contributed by atoms with E-state index in [0.717, 1.165) is 44.5 Å². The summed E-state index contributed by atoms with van der Waals surface area (Å²) in [7, 11) is 0. The lowest BCUT2D eigenvalue weighted by Gasteiger charge is -2.12. The smallest absolute Gasteiger partial charge is 0.219 e. The molecule has 222 valence electrons. The lowest BCUT2D eigenvalue weighted by atomic mass is 10.0. The molecular formula is C42H32N2O2. The second-order valence-corrected chi connectivity index (χ2v) is 10.8. The normalized spacial score (nSPS) is 10.5. The van der Waals surface area contributed by atoms with Crippen LogP contribution in [0.5, 0.6) is 0 Å². The first-order valence-corrected chi connectivity index (χ1v) is 14.9. The van der Waals surface area contributed by atoms with Crippen LogP contribution in [0, 0.1) is 10.8 Å². The molecule has 0 aliphatic rings. The van der Waals surface area contributed by atoms with Crippen molar-refractivity contribution in [2.24, 2.45) is 0 Å². The van der Waals surface area contributed by atoms with Gasteiger partial charge in [-0.1, -0.05) is 147 Å². The van der Waals surface area contributed by atoms with Crippen LogP contribution in [-0.4, -0.2) is 11.8 Å². The van der Waals surface area contributed by atoms with Gasteiger partial charge in [-0.15, -0.1) is 0 Å². The van der Waals surface area contributed by atoms with Crippen molar-refractivity contribution in [1.29, 1.82) is 10.8 Å². The van der Waals surface area contributed by atoms with Gasteiger partial charge in [0.15, 0.2) is 0 Å². The first kappa shape index (κ1) is 29.8. The lowest BCUT2D eigenvalue weighted by molar-refractivity contribution is 0.505. The number of ether oxygens (including phenoxy) is 2. The third-order valence-electron chi connectivity index (χ3n) is 7.71. The van der Waals surface area contributed by atoms with Gasteiger partial charge >= 0.3 is 0 Å². The zero-order chi connectivity index (χ0) is 31.9. The van der Waals surface area contributed by atoms with Crippen LogP contribution in [0.3, 0.4) is 0 Å². The van der Waals surface area contributed by atoms with E-state index in [0.29, 0.717) is 22.6 Å². The molecule has 6 aromatic carbocycles. The molecule has 4 heteroatoms. The van der Waals surface area contributed by atoms with E-state index in [9.17, 15) is 0 Å². The molecule has 4 nitrogen and oxygen atoms in total. The Bertz CT molecular complexity index is 1840. The van der Waals surface area contributed by atoms with Gasteiger partial charge in [-0.3, -0.25) is 10.8 Å². The van der Waals surface area contributed by atoms with Gasteiger partial charge in [-0.2, -0.15) is 0 Å². The standard InChI is InChI=1S/C42H32N2O2/c1-29(31-13-17-35(18-14-31)33-9-5-3-6-10-33)45-42(44)40-27-23-38(24-28-40)37-19-15-32(16-20-37)30(2)46-41(43)39-25-21-36(22-26-39)34-11-7-4-8-12-34/h3-28,43-44H,1-2H2. The van der Waals surface area contributed by atoms with Crippen molar-refractivity contribution in [2.75, 3.05) is 0 Å². The van der Waals surface area contributed by atoms with Gasteiger partial charge in [0.2, 0.25) is 11.8 Å². The molecule has 0 radical (unpaired) electrons. The maximum absolute atomic E-state index is 8.48. The number of rotatable bonds is 9. The highest BCUT2D eigenvalue weighted by atomic mass is 16.5. The van der Waals surface area contributed by atoms with Crippen LogP contribution in [0.15, 0.2) is 171 Å². The molecule has 0 saturated heterocycles. The maximum atomic E-state index is 8.48. The van der Waals surface area contributed by atoms with Gasteiger partial charge in [-0.05, 0) is 57.6 Å². The minimum Gasteiger partial charge on any atom is -0.439 e. The Labute approximate surface area is 269 Å². The van der Waals surface area contributed by atoms with E-state index in [4.69, 9.17) is 20.3 Å². The van der Waals surface area contributed by atoms with Crippen LogP contribution < -0.4 is 0 Å². The van der Waals surface area contributed by atoms with E-state index in [-0.39, 0.29) is 11.8 Å². The van der Waals surface area contributed by atoms with Crippen molar-refractivity contribution in [3.63, 3.8) is 0 Å². The fourth-order valence-corrected chi connectivity index (χ4v) is 5.07. The van der Waals surface area contributed by atoms with Crippen molar-refractivity contribution in [1.82, 2.24) is 0 Å². The summed E-state index contributed by atoms with van der Waals surface area (Å²) in [5, 5.41) is 16.9. The molecule has 0 aliphatic heterocycles. The highest BCUT2D eigenvalue weighted by molar-refractivity contribution is 5.96. The topological polar surface area (TPSA) is 66.2 Å². The van der Waals surface area contributed by atoms with Crippen LogP contribution in [0.25, 0.3) is 44.9 Å². The number of benzene rings is 6.